The van der Waals surface area contributed by atoms with E-state index in [0.717, 1.165) is 16.7 Å². The van der Waals surface area contributed by atoms with Gasteiger partial charge in [-0.15, -0.1) is 0 Å². The third-order valence-electron chi connectivity index (χ3n) is 5.16. The highest BCUT2D eigenvalue weighted by Crippen LogP contribution is 2.17. The molecule has 0 aliphatic carbocycles. The van der Waals surface area contributed by atoms with Crippen molar-refractivity contribution in [3.8, 4) is 0 Å². The van der Waals surface area contributed by atoms with Crippen molar-refractivity contribution in [1.82, 2.24) is 0 Å². The standard InChI is InChI=1S/C21H15B3Br3F3O3/c25-10-13-1-4-16(19(28)7-13)22-31-23(17-5-2-14(11-26)8-20(17)29)33-24(32-22)18-6-3-15(12-27)9-21(18)30/h1-9H,10-12H2. The first-order chi connectivity index (χ1) is 15.9. The van der Waals surface area contributed by atoms with Crippen LogP contribution in [0.5, 0.6) is 0 Å². The van der Waals surface area contributed by atoms with Crippen molar-refractivity contribution >= 4 is 85.5 Å². The lowest BCUT2D eigenvalue weighted by Gasteiger charge is -2.32. The minimum atomic E-state index is -1.25. The van der Waals surface area contributed by atoms with Gasteiger partial charge in [-0.2, -0.15) is 0 Å². The quantitative estimate of drug-likeness (QED) is 0.296. The first-order valence-corrected chi connectivity index (χ1v) is 13.3. The first kappa shape index (κ1) is 25.1. The van der Waals surface area contributed by atoms with Gasteiger partial charge in [-0.1, -0.05) is 84.2 Å². The van der Waals surface area contributed by atoms with Crippen LogP contribution in [0.3, 0.4) is 0 Å². The molecule has 33 heavy (non-hydrogen) atoms. The Morgan fingerprint density at radius 2 is 0.788 bits per heavy atom. The highest BCUT2D eigenvalue weighted by Gasteiger charge is 2.46. The summed E-state index contributed by atoms with van der Waals surface area (Å²) in [6.07, 6.45) is 0. The van der Waals surface area contributed by atoms with E-state index in [1.165, 1.54) is 36.4 Å². The maximum absolute atomic E-state index is 14.9. The van der Waals surface area contributed by atoms with Crippen LogP contribution in [0.25, 0.3) is 0 Å². The Hall–Kier alpha value is -1.04. The van der Waals surface area contributed by atoms with Gasteiger partial charge in [0, 0.05) is 32.4 Å². The van der Waals surface area contributed by atoms with Gasteiger partial charge in [-0.05, 0) is 34.9 Å². The van der Waals surface area contributed by atoms with Gasteiger partial charge in [0.25, 0.3) is 0 Å². The highest BCUT2D eigenvalue weighted by atomic mass is 79.9. The van der Waals surface area contributed by atoms with Gasteiger partial charge in [-0.3, -0.25) is 0 Å². The Morgan fingerprint density at radius 3 is 1.00 bits per heavy atom. The predicted molar refractivity (Wildman–Crippen MR) is 137 cm³/mol. The molecule has 0 spiro atoms. The second-order valence-electron chi connectivity index (χ2n) is 7.37. The van der Waals surface area contributed by atoms with Gasteiger partial charge in [-0.25, -0.2) is 13.2 Å². The molecule has 0 aromatic heterocycles. The molecule has 0 amide bonds. The monoisotopic (exact) mass is 642 g/mol. The molecule has 0 unspecified atom stereocenters. The predicted octanol–water partition coefficient (Wildman–Crippen LogP) is 4.34. The van der Waals surface area contributed by atoms with Crippen LogP contribution >= 0.6 is 47.8 Å². The zero-order valence-electron chi connectivity index (χ0n) is 17.0. The number of halogens is 6. The normalized spacial score (nSPS) is 14.2. The molecule has 3 aromatic carbocycles. The van der Waals surface area contributed by atoms with E-state index in [0.29, 0.717) is 16.0 Å². The fraction of sp³-hybridized carbons (Fsp3) is 0.143. The van der Waals surface area contributed by atoms with Crippen molar-refractivity contribution in [3.05, 3.63) is 88.7 Å². The van der Waals surface area contributed by atoms with Crippen molar-refractivity contribution < 1.29 is 26.9 Å². The van der Waals surface area contributed by atoms with Crippen molar-refractivity contribution in [2.75, 3.05) is 0 Å². The number of benzene rings is 3. The SMILES string of the molecule is Fc1cc(CBr)ccc1B1OB(c2ccc(CBr)cc2F)OB(c2ccc(CBr)cc2F)O1. The lowest BCUT2D eigenvalue weighted by Crippen LogP contribution is -2.62. The minimum Gasteiger partial charge on any atom is -0.444 e. The van der Waals surface area contributed by atoms with Gasteiger partial charge in [0.15, 0.2) is 0 Å². The molecular formula is C21H15B3Br3F3O3. The molecule has 12 heteroatoms. The van der Waals surface area contributed by atoms with E-state index < -0.39 is 38.8 Å². The van der Waals surface area contributed by atoms with Crippen molar-refractivity contribution in [1.29, 1.82) is 0 Å². The van der Waals surface area contributed by atoms with Crippen molar-refractivity contribution in [2.45, 2.75) is 16.0 Å². The Balaban J connectivity index is 1.73. The van der Waals surface area contributed by atoms with Crippen LogP contribution in [0, 0.1) is 17.5 Å². The Bertz CT molecular complexity index is 1010. The number of rotatable bonds is 6. The first-order valence-electron chi connectivity index (χ1n) is 9.92. The van der Waals surface area contributed by atoms with Gasteiger partial charge in [0.05, 0.1) is 0 Å². The van der Waals surface area contributed by atoms with Crippen molar-refractivity contribution in [3.63, 3.8) is 0 Å². The molecule has 0 radical (unpaired) electrons. The van der Waals surface area contributed by atoms with Gasteiger partial charge < -0.3 is 13.7 Å². The third kappa shape index (κ3) is 5.62. The summed E-state index contributed by atoms with van der Waals surface area (Å²) in [5.74, 6) is -1.66. The Morgan fingerprint density at radius 1 is 0.515 bits per heavy atom. The highest BCUT2D eigenvalue weighted by molar-refractivity contribution is 9.09. The molecule has 3 nitrogen and oxygen atoms in total. The maximum Gasteiger partial charge on any atom is 0.470 e. The number of hydrogen-bond donors (Lipinski definition) is 0. The number of alkyl halides is 3. The van der Waals surface area contributed by atoms with E-state index in [9.17, 15) is 13.2 Å². The molecule has 1 saturated heterocycles. The van der Waals surface area contributed by atoms with Crippen LogP contribution in [0.4, 0.5) is 13.2 Å². The molecule has 3 aromatic rings. The van der Waals surface area contributed by atoms with Crippen LogP contribution in [0.1, 0.15) is 16.7 Å². The van der Waals surface area contributed by atoms with Gasteiger partial charge in [0.1, 0.15) is 17.5 Å². The van der Waals surface area contributed by atoms with Crippen molar-refractivity contribution in [2.24, 2.45) is 0 Å². The Labute approximate surface area is 216 Å². The summed E-state index contributed by atoms with van der Waals surface area (Å²) in [7, 11) is -3.74. The largest absolute Gasteiger partial charge is 0.470 e. The molecule has 1 fully saturated rings. The van der Waals surface area contributed by atoms with E-state index in [2.05, 4.69) is 47.8 Å². The van der Waals surface area contributed by atoms with Crippen LogP contribution in [-0.4, -0.2) is 21.4 Å². The van der Waals surface area contributed by atoms with Crippen LogP contribution < -0.4 is 16.4 Å². The van der Waals surface area contributed by atoms with Crippen LogP contribution in [0.15, 0.2) is 54.6 Å². The van der Waals surface area contributed by atoms with Gasteiger partial charge >= 0.3 is 21.4 Å². The summed E-state index contributed by atoms with van der Waals surface area (Å²) >= 11 is 9.88. The smallest absolute Gasteiger partial charge is 0.444 e. The molecule has 1 aliphatic heterocycles. The molecule has 168 valence electrons. The molecule has 4 rings (SSSR count). The molecule has 1 heterocycles. The molecular weight excluding hydrogens is 629 g/mol. The molecule has 0 N–H and O–H groups in total. The average molecular weight is 644 g/mol. The van der Waals surface area contributed by atoms with Crippen LogP contribution in [-0.2, 0) is 29.7 Å². The third-order valence-corrected chi connectivity index (χ3v) is 7.10. The summed E-state index contributed by atoms with van der Waals surface area (Å²) in [6.45, 7) is 0. The lowest BCUT2D eigenvalue weighted by atomic mass is 9.61. The fourth-order valence-electron chi connectivity index (χ4n) is 3.41. The fourth-order valence-corrected chi connectivity index (χ4v) is 4.45. The van der Waals surface area contributed by atoms with Crippen LogP contribution in [0.2, 0.25) is 0 Å². The molecule has 1 aliphatic rings. The molecule has 0 saturated carbocycles. The summed E-state index contributed by atoms with van der Waals surface area (Å²) in [5.41, 5.74) is 2.49. The summed E-state index contributed by atoms with van der Waals surface area (Å²) in [4.78, 5) is 0. The average Bonchev–Trinajstić information content (AvgIpc) is 2.83. The molecule has 0 atom stereocenters. The summed E-state index contributed by atoms with van der Waals surface area (Å²) in [6, 6.07) is 13.8. The summed E-state index contributed by atoms with van der Waals surface area (Å²) < 4.78 is 62.0. The second-order valence-corrected chi connectivity index (χ2v) is 9.05. The zero-order chi connectivity index (χ0) is 23.5. The Kier molecular flexibility index (Phi) is 8.46. The lowest BCUT2D eigenvalue weighted by molar-refractivity contribution is 0.306. The van der Waals surface area contributed by atoms with E-state index in [-0.39, 0.29) is 16.4 Å². The minimum absolute atomic E-state index is 0.105. The van der Waals surface area contributed by atoms with E-state index in [1.807, 2.05) is 0 Å². The van der Waals surface area contributed by atoms with E-state index in [1.54, 1.807) is 18.2 Å². The van der Waals surface area contributed by atoms with E-state index in [4.69, 9.17) is 13.7 Å². The number of hydrogen-bond acceptors (Lipinski definition) is 3. The molecule has 0 bridgehead atoms. The second kappa shape index (κ2) is 11.1. The zero-order valence-corrected chi connectivity index (χ0v) is 21.8. The summed E-state index contributed by atoms with van der Waals surface area (Å²) in [5, 5.41) is 1.42. The van der Waals surface area contributed by atoms with Gasteiger partial charge in [0.2, 0.25) is 0 Å². The maximum atomic E-state index is 14.9. The topological polar surface area (TPSA) is 27.7 Å². The van der Waals surface area contributed by atoms with E-state index >= 15 is 0 Å².